The number of hydrogen-bond acceptors (Lipinski definition) is 6. The fraction of sp³-hybridized carbons (Fsp3) is 0.810. The fourth-order valence-corrected chi connectivity index (χ4v) is 2.64. The van der Waals surface area contributed by atoms with E-state index in [0.29, 0.717) is 13.0 Å². The lowest BCUT2D eigenvalue weighted by Crippen LogP contribution is -2.22. The summed E-state index contributed by atoms with van der Waals surface area (Å²) in [6.07, 6.45) is 7.40. The Labute approximate surface area is 165 Å². The van der Waals surface area contributed by atoms with Crippen molar-refractivity contribution in [1.82, 2.24) is 4.90 Å². The average molecular weight is 386 g/mol. The first-order valence-corrected chi connectivity index (χ1v) is 10.2. The zero-order valence-electron chi connectivity index (χ0n) is 17.5. The third-order valence-electron chi connectivity index (χ3n) is 4.08. The Morgan fingerprint density at radius 3 is 2.22 bits per heavy atom. The molecule has 158 valence electrons. The standard InChI is InChI=1S/C21H39NO5/c1-6-7-8-9-10-11-13-19(14-15-20(23)26-18(2)3)27-21(24)25-17-12-16-22(4)5/h18-19H,2-3,6-17H2,1,4-5H3. The Kier molecular flexibility index (Phi) is 16.0. The average Bonchev–Trinajstić information content (AvgIpc) is 2.58. The molecule has 0 aliphatic heterocycles. The van der Waals surface area contributed by atoms with E-state index in [1.165, 1.54) is 25.7 Å². The van der Waals surface area contributed by atoms with Crippen molar-refractivity contribution >= 4 is 12.1 Å². The molecule has 0 heterocycles. The maximum atomic E-state index is 11.9. The van der Waals surface area contributed by atoms with Crippen molar-refractivity contribution in [2.75, 3.05) is 27.2 Å². The van der Waals surface area contributed by atoms with Crippen LogP contribution in [0.4, 0.5) is 4.79 Å². The highest BCUT2D eigenvalue weighted by Crippen LogP contribution is 2.15. The number of nitrogens with zero attached hydrogens (tertiary/aromatic N) is 1. The Morgan fingerprint density at radius 1 is 0.926 bits per heavy atom. The minimum Gasteiger partial charge on any atom is -0.462 e. The van der Waals surface area contributed by atoms with Crippen molar-refractivity contribution in [3.63, 3.8) is 0 Å². The van der Waals surface area contributed by atoms with E-state index in [2.05, 4.69) is 20.8 Å². The zero-order chi connectivity index (χ0) is 20.5. The van der Waals surface area contributed by atoms with Gasteiger partial charge in [0.2, 0.25) is 0 Å². The lowest BCUT2D eigenvalue weighted by atomic mass is 10.0. The van der Waals surface area contributed by atoms with E-state index in [1.807, 2.05) is 19.0 Å². The van der Waals surface area contributed by atoms with Crippen molar-refractivity contribution in [2.24, 2.45) is 0 Å². The molecular formula is C21H39NO5. The topological polar surface area (TPSA) is 65.1 Å². The maximum absolute atomic E-state index is 11.9. The predicted molar refractivity (Wildman–Crippen MR) is 107 cm³/mol. The lowest BCUT2D eigenvalue weighted by molar-refractivity contribution is -0.146. The molecule has 0 aliphatic carbocycles. The van der Waals surface area contributed by atoms with Gasteiger partial charge in [-0.15, -0.1) is 0 Å². The largest absolute Gasteiger partial charge is 0.508 e. The van der Waals surface area contributed by atoms with Crippen LogP contribution in [0.15, 0.2) is 0 Å². The van der Waals surface area contributed by atoms with Crippen LogP contribution in [0.3, 0.4) is 0 Å². The van der Waals surface area contributed by atoms with E-state index < -0.39 is 12.3 Å². The molecule has 1 atom stereocenters. The summed E-state index contributed by atoms with van der Waals surface area (Å²) in [5.41, 5.74) is 0. The van der Waals surface area contributed by atoms with Crippen LogP contribution in [0, 0.1) is 13.8 Å². The van der Waals surface area contributed by atoms with Gasteiger partial charge in [0.25, 0.3) is 0 Å². The van der Waals surface area contributed by atoms with Gasteiger partial charge in [-0.1, -0.05) is 39.0 Å². The van der Waals surface area contributed by atoms with Gasteiger partial charge >= 0.3 is 12.1 Å². The van der Waals surface area contributed by atoms with Gasteiger partial charge in [-0.2, -0.15) is 0 Å². The monoisotopic (exact) mass is 385 g/mol. The SMILES string of the molecule is [CH2]C([CH2])OC(=O)CCC(CCCCCCCC)OC(=O)OCCCN(C)C. The van der Waals surface area contributed by atoms with E-state index in [9.17, 15) is 9.59 Å². The first kappa shape index (κ1) is 25.7. The van der Waals surface area contributed by atoms with Crippen molar-refractivity contribution in [3.8, 4) is 0 Å². The highest BCUT2D eigenvalue weighted by atomic mass is 16.7. The minimum atomic E-state index is -0.662. The Hall–Kier alpha value is -1.30. The molecular weight excluding hydrogens is 346 g/mol. The van der Waals surface area contributed by atoms with E-state index >= 15 is 0 Å². The van der Waals surface area contributed by atoms with Crippen LogP contribution in [-0.2, 0) is 19.0 Å². The summed E-state index contributed by atoms with van der Waals surface area (Å²) in [6.45, 7) is 10.4. The van der Waals surface area contributed by atoms with E-state index in [4.69, 9.17) is 14.2 Å². The Bertz CT molecular complexity index is 385. The van der Waals surface area contributed by atoms with Gasteiger partial charge in [0.15, 0.2) is 0 Å². The molecule has 0 aromatic heterocycles. The summed E-state index contributed by atoms with van der Waals surface area (Å²) in [6, 6.07) is 0. The van der Waals surface area contributed by atoms with Crippen LogP contribution >= 0.6 is 0 Å². The first-order valence-electron chi connectivity index (χ1n) is 10.2. The molecule has 0 saturated carbocycles. The van der Waals surface area contributed by atoms with Gasteiger partial charge in [-0.05, 0) is 53.6 Å². The number of rotatable bonds is 16. The lowest BCUT2D eigenvalue weighted by Gasteiger charge is -2.18. The number of ether oxygens (including phenoxy) is 3. The number of carbonyl (C=O) groups excluding carboxylic acids is 2. The summed E-state index contributed by atoms with van der Waals surface area (Å²) in [5, 5.41) is 0. The molecule has 0 amide bonds. The molecule has 0 saturated heterocycles. The van der Waals surface area contributed by atoms with Gasteiger partial charge < -0.3 is 19.1 Å². The molecule has 0 rings (SSSR count). The Morgan fingerprint density at radius 2 is 1.59 bits per heavy atom. The van der Waals surface area contributed by atoms with E-state index in [0.717, 1.165) is 32.2 Å². The number of carbonyl (C=O) groups is 2. The van der Waals surface area contributed by atoms with Crippen molar-refractivity contribution < 1.29 is 23.8 Å². The molecule has 27 heavy (non-hydrogen) atoms. The summed E-state index contributed by atoms with van der Waals surface area (Å²) in [7, 11) is 3.94. The van der Waals surface area contributed by atoms with E-state index in [-0.39, 0.29) is 18.5 Å². The van der Waals surface area contributed by atoms with Crippen molar-refractivity contribution in [1.29, 1.82) is 0 Å². The molecule has 0 aromatic carbocycles. The number of hydrogen-bond donors (Lipinski definition) is 0. The highest BCUT2D eigenvalue weighted by molar-refractivity contribution is 5.69. The van der Waals surface area contributed by atoms with E-state index in [1.54, 1.807) is 0 Å². The second-order valence-electron chi connectivity index (χ2n) is 7.20. The summed E-state index contributed by atoms with van der Waals surface area (Å²) < 4.78 is 15.5. The van der Waals surface area contributed by atoms with Gasteiger partial charge in [0.05, 0.1) is 6.61 Å². The fourth-order valence-electron chi connectivity index (χ4n) is 2.64. The molecule has 6 heteroatoms. The molecule has 0 aliphatic rings. The molecule has 0 bridgehead atoms. The van der Waals surface area contributed by atoms with Crippen LogP contribution in [0.25, 0.3) is 0 Å². The van der Waals surface area contributed by atoms with Crippen LogP contribution < -0.4 is 0 Å². The summed E-state index contributed by atoms with van der Waals surface area (Å²) in [5.74, 6) is -0.374. The van der Waals surface area contributed by atoms with Gasteiger partial charge in [-0.3, -0.25) is 4.79 Å². The minimum absolute atomic E-state index is 0.177. The van der Waals surface area contributed by atoms with Crippen LogP contribution in [0.5, 0.6) is 0 Å². The number of esters is 1. The molecule has 0 fully saturated rings. The summed E-state index contributed by atoms with van der Waals surface area (Å²) in [4.78, 5) is 25.6. The first-order chi connectivity index (χ1) is 12.8. The zero-order valence-corrected chi connectivity index (χ0v) is 17.5. The van der Waals surface area contributed by atoms with Gasteiger partial charge in [0, 0.05) is 13.0 Å². The third kappa shape index (κ3) is 17.9. The highest BCUT2D eigenvalue weighted by Gasteiger charge is 2.18. The smallest absolute Gasteiger partial charge is 0.462 e. The van der Waals surface area contributed by atoms with Crippen LogP contribution in [0.1, 0.15) is 71.1 Å². The van der Waals surface area contributed by atoms with Gasteiger partial charge in [-0.25, -0.2) is 4.79 Å². The van der Waals surface area contributed by atoms with Crippen molar-refractivity contribution in [3.05, 3.63) is 13.8 Å². The molecule has 0 aromatic rings. The molecule has 0 spiro atoms. The molecule has 2 radical (unpaired) electrons. The number of unbranched alkanes of at least 4 members (excludes halogenated alkanes) is 5. The molecule has 6 nitrogen and oxygen atoms in total. The maximum Gasteiger partial charge on any atom is 0.508 e. The third-order valence-corrected chi connectivity index (χ3v) is 4.08. The van der Waals surface area contributed by atoms with Gasteiger partial charge in [0.1, 0.15) is 12.2 Å². The molecule has 0 N–H and O–H groups in total. The van der Waals surface area contributed by atoms with Crippen LogP contribution in [-0.4, -0.2) is 56.5 Å². The molecule has 1 unspecified atom stereocenters. The van der Waals surface area contributed by atoms with Crippen LogP contribution in [0.2, 0.25) is 0 Å². The second-order valence-corrected chi connectivity index (χ2v) is 7.20. The summed E-state index contributed by atoms with van der Waals surface area (Å²) >= 11 is 0. The quantitative estimate of drug-likeness (QED) is 0.286. The Balaban J connectivity index is 4.23. The second kappa shape index (κ2) is 16.8. The predicted octanol–water partition coefficient (Wildman–Crippen LogP) is 4.57. The van der Waals surface area contributed by atoms with Crippen molar-refractivity contribution in [2.45, 2.75) is 83.3 Å². The normalized spacial score (nSPS) is 12.3.